The van der Waals surface area contributed by atoms with Crippen molar-refractivity contribution in [1.82, 2.24) is 15.6 Å². The van der Waals surface area contributed by atoms with E-state index in [1.807, 2.05) is 0 Å². The van der Waals surface area contributed by atoms with Crippen LogP contribution in [-0.2, 0) is 4.79 Å². The minimum absolute atomic E-state index is 0.0361. The Balaban J connectivity index is 1.69. The highest BCUT2D eigenvalue weighted by Gasteiger charge is 2.16. The van der Waals surface area contributed by atoms with Crippen molar-refractivity contribution in [2.24, 2.45) is 0 Å². The Hall–Kier alpha value is -1.78. The number of H-pyrrole nitrogens is 1. The Morgan fingerprint density at radius 2 is 2.06 bits per heavy atom. The number of aromatic amines is 1. The van der Waals surface area contributed by atoms with E-state index in [1.54, 1.807) is 18.3 Å². The summed E-state index contributed by atoms with van der Waals surface area (Å²) in [6.07, 6.45) is 7.40. The SMILES string of the molecule is O=C(CNC(=O)c1ccc[nH]1)NC1CCCCC1. The largest absolute Gasteiger partial charge is 0.357 e. The molecule has 0 spiro atoms. The van der Waals surface area contributed by atoms with Crippen LogP contribution in [0.4, 0.5) is 0 Å². The van der Waals surface area contributed by atoms with E-state index in [1.165, 1.54) is 19.3 Å². The number of nitrogens with one attached hydrogen (secondary N) is 3. The molecule has 5 heteroatoms. The number of hydrogen-bond donors (Lipinski definition) is 3. The van der Waals surface area contributed by atoms with Gasteiger partial charge in [0.1, 0.15) is 5.69 Å². The first kappa shape index (κ1) is 12.7. The Morgan fingerprint density at radius 3 is 2.72 bits per heavy atom. The lowest BCUT2D eigenvalue weighted by Gasteiger charge is -2.22. The van der Waals surface area contributed by atoms with Crippen LogP contribution in [-0.4, -0.2) is 29.4 Å². The van der Waals surface area contributed by atoms with Crippen LogP contribution in [0.25, 0.3) is 0 Å². The van der Waals surface area contributed by atoms with Crippen molar-refractivity contribution >= 4 is 11.8 Å². The first-order chi connectivity index (χ1) is 8.75. The number of rotatable bonds is 4. The molecular weight excluding hydrogens is 230 g/mol. The van der Waals surface area contributed by atoms with Gasteiger partial charge in [-0.1, -0.05) is 19.3 Å². The highest BCUT2D eigenvalue weighted by molar-refractivity contribution is 5.94. The van der Waals surface area contributed by atoms with Crippen molar-refractivity contribution in [1.29, 1.82) is 0 Å². The third kappa shape index (κ3) is 3.61. The molecule has 1 saturated carbocycles. The third-order valence-corrected chi connectivity index (χ3v) is 3.22. The molecule has 1 aliphatic carbocycles. The van der Waals surface area contributed by atoms with Gasteiger partial charge < -0.3 is 15.6 Å². The van der Waals surface area contributed by atoms with Crippen LogP contribution in [0.5, 0.6) is 0 Å². The summed E-state index contributed by atoms with van der Waals surface area (Å²) in [6, 6.07) is 3.71. The summed E-state index contributed by atoms with van der Waals surface area (Å²) < 4.78 is 0. The number of carbonyl (C=O) groups is 2. The molecule has 1 heterocycles. The topological polar surface area (TPSA) is 74.0 Å². The highest BCUT2D eigenvalue weighted by atomic mass is 16.2. The lowest BCUT2D eigenvalue weighted by molar-refractivity contribution is -0.121. The van der Waals surface area contributed by atoms with Gasteiger partial charge in [-0.25, -0.2) is 0 Å². The molecular formula is C13H19N3O2. The Morgan fingerprint density at radius 1 is 1.28 bits per heavy atom. The fourth-order valence-corrected chi connectivity index (χ4v) is 2.25. The summed E-state index contributed by atoms with van der Waals surface area (Å²) >= 11 is 0. The molecule has 98 valence electrons. The molecule has 1 aromatic rings. The normalized spacial score (nSPS) is 16.2. The zero-order valence-corrected chi connectivity index (χ0v) is 10.4. The van der Waals surface area contributed by atoms with E-state index >= 15 is 0 Å². The van der Waals surface area contributed by atoms with E-state index in [0.29, 0.717) is 5.69 Å². The van der Waals surface area contributed by atoms with Crippen LogP contribution in [0.15, 0.2) is 18.3 Å². The van der Waals surface area contributed by atoms with Crippen LogP contribution < -0.4 is 10.6 Å². The fourth-order valence-electron chi connectivity index (χ4n) is 2.25. The number of amides is 2. The van der Waals surface area contributed by atoms with E-state index in [0.717, 1.165) is 12.8 Å². The first-order valence-corrected chi connectivity index (χ1v) is 6.46. The predicted molar refractivity (Wildman–Crippen MR) is 68.1 cm³/mol. The van der Waals surface area contributed by atoms with Crippen LogP contribution in [0.2, 0.25) is 0 Å². The van der Waals surface area contributed by atoms with Gasteiger partial charge in [0.25, 0.3) is 5.91 Å². The smallest absolute Gasteiger partial charge is 0.268 e. The van der Waals surface area contributed by atoms with Crippen molar-refractivity contribution < 1.29 is 9.59 Å². The van der Waals surface area contributed by atoms with E-state index in [9.17, 15) is 9.59 Å². The molecule has 0 radical (unpaired) electrons. The third-order valence-electron chi connectivity index (χ3n) is 3.22. The molecule has 1 fully saturated rings. The van der Waals surface area contributed by atoms with Crippen molar-refractivity contribution in [2.75, 3.05) is 6.54 Å². The van der Waals surface area contributed by atoms with Gasteiger partial charge in [0.05, 0.1) is 6.54 Å². The van der Waals surface area contributed by atoms with E-state index in [-0.39, 0.29) is 24.4 Å². The van der Waals surface area contributed by atoms with Crippen molar-refractivity contribution in [3.8, 4) is 0 Å². The van der Waals surface area contributed by atoms with Crippen molar-refractivity contribution in [3.63, 3.8) is 0 Å². The second kappa shape index (κ2) is 6.23. The van der Waals surface area contributed by atoms with Gasteiger partial charge >= 0.3 is 0 Å². The Bertz CT molecular complexity index is 394. The number of carbonyl (C=O) groups excluding carboxylic acids is 2. The fraction of sp³-hybridized carbons (Fsp3) is 0.538. The number of hydrogen-bond acceptors (Lipinski definition) is 2. The zero-order chi connectivity index (χ0) is 12.8. The molecule has 0 saturated heterocycles. The summed E-state index contributed by atoms with van der Waals surface area (Å²) in [7, 11) is 0. The summed E-state index contributed by atoms with van der Waals surface area (Å²) in [5.41, 5.74) is 0.473. The Labute approximate surface area is 106 Å². The molecule has 18 heavy (non-hydrogen) atoms. The van der Waals surface area contributed by atoms with Gasteiger partial charge in [-0.2, -0.15) is 0 Å². The van der Waals surface area contributed by atoms with Crippen molar-refractivity contribution in [2.45, 2.75) is 38.1 Å². The predicted octanol–water partition coefficient (Wildman–Crippen LogP) is 1.19. The van der Waals surface area contributed by atoms with E-state index in [4.69, 9.17) is 0 Å². The zero-order valence-electron chi connectivity index (χ0n) is 10.4. The van der Waals surface area contributed by atoms with Crippen molar-refractivity contribution in [3.05, 3.63) is 24.0 Å². The summed E-state index contributed by atoms with van der Waals surface area (Å²) in [5.74, 6) is -0.361. The average Bonchev–Trinajstić information content (AvgIpc) is 2.91. The van der Waals surface area contributed by atoms with Gasteiger partial charge in [-0.05, 0) is 25.0 Å². The van der Waals surface area contributed by atoms with Crippen LogP contribution in [0.3, 0.4) is 0 Å². The second-order valence-electron chi connectivity index (χ2n) is 4.67. The highest BCUT2D eigenvalue weighted by Crippen LogP contribution is 2.17. The monoisotopic (exact) mass is 249 g/mol. The molecule has 0 aliphatic heterocycles. The summed E-state index contributed by atoms with van der Waals surface area (Å²) in [6.45, 7) is 0.0361. The summed E-state index contributed by atoms with van der Waals surface area (Å²) in [5, 5.41) is 5.55. The maximum absolute atomic E-state index is 11.6. The van der Waals surface area contributed by atoms with Gasteiger partial charge in [0, 0.05) is 12.2 Å². The molecule has 0 unspecified atom stereocenters. The molecule has 1 aromatic heterocycles. The minimum Gasteiger partial charge on any atom is -0.357 e. The molecule has 2 rings (SSSR count). The second-order valence-corrected chi connectivity index (χ2v) is 4.67. The molecule has 3 N–H and O–H groups in total. The van der Waals surface area contributed by atoms with Crippen LogP contribution in [0.1, 0.15) is 42.6 Å². The maximum Gasteiger partial charge on any atom is 0.268 e. The molecule has 5 nitrogen and oxygen atoms in total. The molecule has 0 atom stereocenters. The minimum atomic E-state index is -0.251. The lowest BCUT2D eigenvalue weighted by atomic mass is 9.95. The van der Waals surface area contributed by atoms with Gasteiger partial charge in [0.15, 0.2) is 0 Å². The van der Waals surface area contributed by atoms with Crippen LogP contribution in [0, 0.1) is 0 Å². The molecule has 0 bridgehead atoms. The standard InChI is InChI=1S/C13H19N3O2/c17-12(16-10-5-2-1-3-6-10)9-15-13(18)11-7-4-8-14-11/h4,7-8,10,14H,1-3,5-6,9H2,(H,15,18)(H,16,17). The van der Waals surface area contributed by atoms with E-state index in [2.05, 4.69) is 15.6 Å². The quantitative estimate of drug-likeness (QED) is 0.750. The molecule has 2 amide bonds. The Kier molecular flexibility index (Phi) is 4.39. The van der Waals surface area contributed by atoms with Gasteiger partial charge in [0.2, 0.25) is 5.91 Å². The van der Waals surface area contributed by atoms with E-state index < -0.39 is 0 Å². The van der Waals surface area contributed by atoms with Gasteiger partial charge in [-0.3, -0.25) is 9.59 Å². The maximum atomic E-state index is 11.6. The average molecular weight is 249 g/mol. The molecule has 1 aliphatic rings. The lowest BCUT2D eigenvalue weighted by Crippen LogP contribution is -2.42. The summed E-state index contributed by atoms with van der Waals surface area (Å²) in [4.78, 5) is 26.0. The molecule has 0 aromatic carbocycles. The first-order valence-electron chi connectivity index (χ1n) is 6.46. The van der Waals surface area contributed by atoms with Gasteiger partial charge in [-0.15, -0.1) is 0 Å². The number of aromatic nitrogens is 1. The van der Waals surface area contributed by atoms with Crippen LogP contribution >= 0.6 is 0 Å².